The molecule has 0 spiro atoms. The Morgan fingerprint density at radius 2 is 2.03 bits per heavy atom. The van der Waals surface area contributed by atoms with Crippen LogP contribution >= 0.6 is 15.9 Å². The predicted octanol–water partition coefficient (Wildman–Crippen LogP) is 4.16. The number of nitrogens with zero attached hydrogens (tertiary/aromatic N) is 3. The number of amides is 1. The lowest BCUT2D eigenvalue weighted by atomic mass is 10.2. The monoisotopic (exact) mass is 486 g/mol. The van der Waals surface area contributed by atoms with Crippen LogP contribution in [-0.2, 0) is 17.5 Å². The minimum Gasteiger partial charge on any atom is -0.487 e. The largest absolute Gasteiger partial charge is 0.487 e. The first-order chi connectivity index (χ1) is 13.4. The molecule has 1 heterocycles. The number of anilines is 1. The van der Waals surface area contributed by atoms with Crippen molar-refractivity contribution in [2.75, 3.05) is 11.9 Å². The Hall–Kier alpha value is -2.77. The molecule has 158 valence electrons. The van der Waals surface area contributed by atoms with E-state index in [0.29, 0.717) is 0 Å². The van der Waals surface area contributed by atoms with Crippen LogP contribution in [0.3, 0.4) is 0 Å². The van der Waals surface area contributed by atoms with Gasteiger partial charge in [0.05, 0.1) is 26.8 Å². The Labute approximate surface area is 167 Å². The van der Waals surface area contributed by atoms with Gasteiger partial charge in [-0.05, 0) is 22.9 Å². The molecule has 1 aromatic carbocycles. The highest BCUT2D eigenvalue weighted by Gasteiger charge is 2.38. The Morgan fingerprint density at radius 3 is 2.55 bits per heavy atom. The number of carbonyl (C=O) groups is 1. The van der Waals surface area contributed by atoms with Crippen molar-refractivity contribution in [1.29, 1.82) is 0 Å². The second-order valence-corrected chi connectivity index (χ2v) is 6.42. The lowest BCUT2D eigenvalue weighted by molar-refractivity contribution is -0.384. The molecule has 0 aliphatic rings. The fourth-order valence-corrected chi connectivity index (χ4v) is 2.71. The van der Waals surface area contributed by atoms with Crippen molar-refractivity contribution in [1.82, 2.24) is 9.78 Å². The van der Waals surface area contributed by atoms with E-state index in [2.05, 4.69) is 26.3 Å². The van der Waals surface area contributed by atoms with Crippen molar-refractivity contribution >= 4 is 33.2 Å². The van der Waals surface area contributed by atoms with E-state index in [1.54, 1.807) is 0 Å². The summed E-state index contributed by atoms with van der Waals surface area (Å²) in [6, 6.07) is 2.91. The summed E-state index contributed by atoms with van der Waals surface area (Å²) in [4.78, 5) is 22.3. The average molecular weight is 487 g/mol. The Bertz CT molecular complexity index is 932. The van der Waals surface area contributed by atoms with Crippen molar-refractivity contribution in [3.8, 4) is 5.75 Å². The van der Waals surface area contributed by atoms with E-state index < -0.39 is 48.0 Å². The third kappa shape index (κ3) is 5.85. The zero-order valence-corrected chi connectivity index (χ0v) is 16.1. The molecule has 0 fully saturated rings. The molecule has 0 unspecified atom stereocenters. The molecule has 0 aliphatic heterocycles. The first-order valence-electron chi connectivity index (χ1n) is 7.69. The van der Waals surface area contributed by atoms with Gasteiger partial charge in [-0.1, -0.05) is 0 Å². The standard InChI is InChI=1S/C15H12BrF5N4O4/c1-7-13(16)14(15(19,20)21)23-24(7)5-12(26)22-8-2-9(25(27)28)4-10(3-8)29-6-11(17)18/h2-4,11H,5-6H2,1H3,(H,22,26). The van der Waals surface area contributed by atoms with Crippen LogP contribution in [-0.4, -0.2) is 33.6 Å². The van der Waals surface area contributed by atoms with Gasteiger partial charge in [-0.2, -0.15) is 18.3 Å². The van der Waals surface area contributed by atoms with E-state index in [9.17, 15) is 36.9 Å². The van der Waals surface area contributed by atoms with Gasteiger partial charge in [-0.25, -0.2) is 8.78 Å². The number of non-ortho nitro benzene ring substituents is 1. The van der Waals surface area contributed by atoms with Crippen LogP contribution in [0.5, 0.6) is 5.75 Å². The minimum atomic E-state index is -4.73. The maximum atomic E-state index is 12.9. The second kappa shape index (κ2) is 8.71. The van der Waals surface area contributed by atoms with Crippen LogP contribution in [0, 0.1) is 17.0 Å². The van der Waals surface area contributed by atoms with Gasteiger partial charge in [0.2, 0.25) is 5.91 Å². The molecule has 29 heavy (non-hydrogen) atoms. The Balaban J connectivity index is 2.21. The SMILES string of the molecule is Cc1c(Br)c(C(F)(F)F)nn1CC(=O)Nc1cc(OCC(F)F)cc([N+](=O)[O-])c1. The lowest BCUT2D eigenvalue weighted by Gasteiger charge is -2.10. The molecule has 0 atom stereocenters. The highest BCUT2D eigenvalue weighted by atomic mass is 79.9. The molecule has 0 aliphatic carbocycles. The van der Waals surface area contributed by atoms with Gasteiger partial charge in [-0.15, -0.1) is 0 Å². The maximum Gasteiger partial charge on any atom is 0.436 e. The minimum absolute atomic E-state index is 0.0347. The summed E-state index contributed by atoms with van der Waals surface area (Å²) in [6.07, 6.45) is -7.56. The molecular formula is C15H12BrF5N4O4. The fraction of sp³-hybridized carbons (Fsp3) is 0.333. The van der Waals surface area contributed by atoms with Crippen molar-refractivity contribution in [2.45, 2.75) is 26.1 Å². The zero-order valence-electron chi connectivity index (χ0n) is 14.5. The molecule has 0 bridgehead atoms. The highest BCUT2D eigenvalue weighted by molar-refractivity contribution is 9.10. The summed E-state index contributed by atoms with van der Waals surface area (Å²) in [5, 5.41) is 16.5. The molecule has 1 N–H and O–H groups in total. The Kier molecular flexibility index (Phi) is 6.77. The summed E-state index contributed by atoms with van der Waals surface area (Å²) >= 11 is 2.77. The second-order valence-electron chi connectivity index (χ2n) is 5.63. The van der Waals surface area contributed by atoms with E-state index in [1.165, 1.54) is 6.92 Å². The third-order valence-corrected chi connectivity index (χ3v) is 4.41. The van der Waals surface area contributed by atoms with Crippen molar-refractivity contribution in [3.05, 3.63) is 44.2 Å². The number of alkyl halides is 5. The maximum absolute atomic E-state index is 12.9. The van der Waals surface area contributed by atoms with Crippen LogP contribution in [0.15, 0.2) is 22.7 Å². The van der Waals surface area contributed by atoms with Gasteiger partial charge in [0.1, 0.15) is 18.9 Å². The molecule has 14 heteroatoms. The lowest BCUT2D eigenvalue weighted by Crippen LogP contribution is -2.21. The van der Waals surface area contributed by atoms with E-state index in [4.69, 9.17) is 4.74 Å². The smallest absolute Gasteiger partial charge is 0.436 e. The quantitative estimate of drug-likeness (QED) is 0.359. The number of ether oxygens (including phenoxy) is 1. The van der Waals surface area contributed by atoms with Gasteiger partial charge in [0.25, 0.3) is 12.1 Å². The number of hydrogen-bond acceptors (Lipinski definition) is 5. The summed E-state index contributed by atoms with van der Waals surface area (Å²) in [6.45, 7) is -0.338. The first-order valence-corrected chi connectivity index (χ1v) is 8.48. The van der Waals surface area contributed by atoms with Crippen LogP contribution in [0.4, 0.5) is 33.3 Å². The number of nitro benzene ring substituents is 1. The average Bonchev–Trinajstić information content (AvgIpc) is 2.88. The summed E-state index contributed by atoms with van der Waals surface area (Å²) in [5.41, 5.74) is -1.87. The van der Waals surface area contributed by atoms with Crippen LogP contribution < -0.4 is 10.1 Å². The van der Waals surface area contributed by atoms with E-state index >= 15 is 0 Å². The molecule has 0 radical (unpaired) electrons. The predicted molar refractivity (Wildman–Crippen MR) is 92.9 cm³/mol. The van der Waals surface area contributed by atoms with Gasteiger partial charge in [0, 0.05) is 12.1 Å². The fourth-order valence-electron chi connectivity index (χ4n) is 2.20. The van der Waals surface area contributed by atoms with E-state index in [-0.39, 0.29) is 21.6 Å². The number of hydrogen-bond donors (Lipinski definition) is 1. The molecule has 1 aromatic heterocycles. The van der Waals surface area contributed by atoms with Gasteiger partial charge < -0.3 is 10.1 Å². The summed E-state index contributed by atoms with van der Waals surface area (Å²) < 4.78 is 68.4. The zero-order chi connectivity index (χ0) is 21.9. The normalized spacial score (nSPS) is 11.6. The number of carbonyl (C=O) groups excluding carboxylic acids is 1. The molecule has 8 nitrogen and oxygen atoms in total. The first kappa shape index (κ1) is 22.5. The van der Waals surface area contributed by atoms with Gasteiger partial charge in [0.15, 0.2) is 5.69 Å². The van der Waals surface area contributed by atoms with E-state index in [0.717, 1.165) is 22.9 Å². The Morgan fingerprint density at radius 1 is 1.38 bits per heavy atom. The summed E-state index contributed by atoms with van der Waals surface area (Å²) in [5.74, 6) is -1.13. The van der Waals surface area contributed by atoms with Crippen LogP contribution in [0.25, 0.3) is 0 Å². The number of nitro groups is 1. The number of benzene rings is 1. The van der Waals surface area contributed by atoms with Crippen LogP contribution in [0.2, 0.25) is 0 Å². The third-order valence-electron chi connectivity index (χ3n) is 3.46. The highest BCUT2D eigenvalue weighted by Crippen LogP contribution is 2.35. The van der Waals surface area contributed by atoms with Crippen molar-refractivity contribution in [2.24, 2.45) is 0 Å². The number of aromatic nitrogens is 2. The molecular weight excluding hydrogens is 475 g/mol. The summed E-state index contributed by atoms with van der Waals surface area (Å²) in [7, 11) is 0. The van der Waals surface area contributed by atoms with Gasteiger partial charge in [-0.3, -0.25) is 19.6 Å². The topological polar surface area (TPSA) is 99.3 Å². The van der Waals surface area contributed by atoms with Gasteiger partial charge >= 0.3 is 6.18 Å². The number of nitrogens with one attached hydrogen (secondary N) is 1. The van der Waals surface area contributed by atoms with Crippen molar-refractivity contribution in [3.63, 3.8) is 0 Å². The van der Waals surface area contributed by atoms with E-state index in [1.807, 2.05) is 0 Å². The van der Waals surface area contributed by atoms with Crippen LogP contribution in [0.1, 0.15) is 11.4 Å². The van der Waals surface area contributed by atoms with Crippen molar-refractivity contribution < 1.29 is 36.4 Å². The number of halogens is 6. The molecule has 2 aromatic rings. The molecule has 2 rings (SSSR count). The molecule has 0 saturated heterocycles. The molecule has 0 saturated carbocycles. The molecule has 1 amide bonds. The number of rotatable bonds is 7.